The van der Waals surface area contributed by atoms with Crippen molar-refractivity contribution in [3.63, 3.8) is 0 Å². The molecule has 168 valence electrons. The molecule has 0 spiro atoms. The number of hydrogen-bond acceptors (Lipinski definition) is 5. The maximum atomic E-state index is 13.0. The molecule has 0 aliphatic rings. The van der Waals surface area contributed by atoms with E-state index in [0.29, 0.717) is 30.2 Å². The van der Waals surface area contributed by atoms with Gasteiger partial charge in [0.15, 0.2) is 11.5 Å². The van der Waals surface area contributed by atoms with Gasteiger partial charge in [0.25, 0.3) is 0 Å². The van der Waals surface area contributed by atoms with Crippen LogP contribution >= 0.6 is 0 Å². The van der Waals surface area contributed by atoms with Crippen molar-refractivity contribution in [3.05, 3.63) is 78.1 Å². The molecular formula is C25H27FN2O4. The largest absolute Gasteiger partial charge is 0.497 e. The van der Waals surface area contributed by atoms with Crippen LogP contribution in [-0.4, -0.2) is 32.7 Å². The fourth-order valence-corrected chi connectivity index (χ4v) is 3.07. The molecule has 3 aromatic carbocycles. The molecule has 0 fully saturated rings. The molecule has 32 heavy (non-hydrogen) atoms. The molecule has 0 saturated heterocycles. The van der Waals surface area contributed by atoms with Crippen molar-refractivity contribution < 1.29 is 23.4 Å². The van der Waals surface area contributed by atoms with Crippen molar-refractivity contribution in [2.75, 3.05) is 26.1 Å². The number of hydrogen-bond donors (Lipinski definition) is 2. The smallest absolute Gasteiger partial charge is 0.242 e. The number of methoxy groups -OCH3 is 2. The topological polar surface area (TPSA) is 68.8 Å². The molecule has 0 saturated carbocycles. The Labute approximate surface area is 187 Å². The van der Waals surface area contributed by atoms with E-state index >= 15 is 0 Å². The van der Waals surface area contributed by atoms with Crippen LogP contribution in [0.15, 0.2) is 66.7 Å². The van der Waals surface area contributed by atoms with Gasteiger partial charge < -0.3 is 24.8 Å². The summed E-state index contributed by atoms with van der Waals surface area (Å²) in [7, 11) is 3.18. The Morgan fingerprint density at radius 3 is 2.25 bits per heavy atom. The summed E-state index contributed by atoms with van der Waals surface area (Å²) in [5.74, 6) is 2.05. The monoisotopic (exact) mass is 438 g/mol. The Hall–Kier alpha value is -3.74. The Morgan fingerprint density at radius 1 is 0.906 bits per heavy atom. The molecule has 0 aliphatic carbocycles. The van der Waals surface area contributed by atoms with Gasteiger partial charge in [0, 0.05) is 18.3 Å². The molecule has 0 heterocycles. The summed E-state index contributed by atoms with van der Waals surface area (Å²) in [6.45, 7) is 2.24. The molecule has 0 radical (unpaired) electrons. The van der Waals surface area contributed by atoms with Crippen LogP contribution in [0.5, 0.6) is 23.0 Å². The van der Waals surface area contributed by atoms with Crippen LogP contribution in [0.3, 0.4) is 0 Å². The van der Waals surface area contributed by atoms with Crippen LogP contribution in [0.1, 0.15) is 12.5 Å². The van der Waals surface area contributed by atoms with Gasteiger partial charge in [-0.1, -0.05) is 12.1 Å². The van der Waals surface area contributed by atoms with E-state index in [-0.39, 0.29) is 11.7 Å². The predicted molar refractivity (Wildman–Crippen MR) is 122 cm³/mol. The SMILES string of the molecule is COc1ccc(Oc2cc(NC(C)C(=O)NCCc3ccc(F)cc3)ccc2OC)cc1. The first-order valence-electron chi connectivity index (χ1n) is 10.3. The van der Waals surface area contributed by atoms with Crippen molar-refractivity contribution in [1.82, 2.24) is 5.32 Å². The number of carbonyl (C=O) groups excluding carboxylic acids is 1. The zero-order chi connectivity index (χ0) is 22.9. The average Bonchev–Trinajstić information content (AvgIpc) is 2.81. The third-order valence-corrected chi connectivity index (χ3v) is 4.85. The van der Waals surface area contributed by atoms with Gasteiger partial charge in [0.05, 0.1) is 14.2 Å². The molecular weight excluding hydrogens is 411 g/mol. The van der Waals surface area contributed by atoms with Gasteiger partial charge in [-0.2, -0.15) is 0 Å². The second kappa shape index (κ2) is 11.0. The maximum absolute atomic E-state index is 13.0. The fourth-order valence-electron chi connectivity index (χ4n) is 3.07. The number of carbonyl (C=O) groups is 1. The zero-order valence-electron chi connectivity index (χ0n) is 18.4. The normalized spacial score (nSPS) is 11.4. The van der Waals surface area contributed by atoms with Gasteiger partial charge in [0.1, 0.15) is 23.4 Å². The summed E-state index contributed by atoms with van der Waals surface area (Å²) >= 11 is 0. The van der Waals surface area contributed by atoms with Crippen molar-refractivity contribution in [2.24, 2.45) is 0 Å². The minimum absolute atomic E-state index is 0.138. The number of nitrogens with one attached hydrogen (secondary N) is 2. The summed E-state index contributed by atoms with van der Waals surface area (Å²) in [5, 5.41) is 6.07. The van der Waals surface area contributed by atoms with Gasteiger partial charge >= 0.3 is 0 Å². The third-order valence-electron chi connectivity index (χ3n) is 4.85. The fraction of sp³-hybridized carbons (Fsp3) is 0.240. The van der Waals surface area contributed by atoms with Crippen LogP contribution in [-0.2, 0) is 11.2 Å². The molecule has 1 atom stereocenters. The van der Waals surface area contributed by atoms with Crippen molar-refractivity contribution in [3.8, 4) is 23.0 Å². The van der Waals surface area contributed by atoms with E-state index in [1.807, 2.05) is 18.2 Å². The number of amides is 1. The van der Waals surface area contributed by atoms with Gasteiger partial charge in [-0.15, -0.1) is 0 Å². The Bertz CT molecular complexity index is 1020. The second-order valence-electron chi connectivity index (χ2n) is 7.18. The van der Waals surface area contributed by atoms with Crippen LogP contribution in [0.4, 0.5) is 10.1 Å². The highest BCUT2D eigenvalue weighted by molar-refractivity contribution is 5.84. The number of ether oxygens (including phenoxy) is 3. The molecule has 3 aromatic rings. The van der Waals surface area contributed by atoms with Crippen molar-refractivity contribution >= 4 is 11.6 Å². The summed E-state index contributed by atoms with van der Waals surface area (Å²) in [5.41, 5.74) is 1.68. The van der Waals surface area contributed by atoms with E-state index in [0.717, 1.165) is 17.0 Å². The van der Waals surface area contributed by atoms with Gasteiger partial charge in [0.2, 0.25) is 5.91 Å². The first-order valence-corrected chi connectivity index (χ1v) is 10.3. The zero-order valence-corrected chi connectivity index (χ0v) is 18.4. The highest BCUT2D eigenvalue weighted by Crippen LogP contribution is 2.34. The summed E-state index contributed by atoms with van der Waals surface area (Å²) in [6, 6.07) is 18.4. The molecule has 0 aromatic heterocycles. The van der Waals surface area contributed by atoms with E-state index < -0.39 is 6.04 Å². The van der Waals surface area contributed by atoms with Crippen molar-refractivity contribution in [2.45, 2.75) is 19.4 Å². The highest BCUT2D eigenvalue weighted by atomic mass is 19.1. The third kappa shape index (κ3) is 6.38. The minimum atomic E-state index is -0.467. The molecule has 0 bridgehead atoms. The second-order valence-corrected chi connectivity index (χ2v) is 7.18. The van der Waals surface area contributed by atoms with E-state index in [4.69, 9.17) is 14.2 Å². The average molecular weight is 438 g/mol. The molecule has 1 amide bonds. The van der Waals surface area contributed by atoms with Crippen molar-refractivity contribution in [1.29, 1.82) is 0 Å². The van der Waals surface area contributed by atoms with Gasteiger partial charge in [-0.25, -0.2) is 4.39 Å². The molecule has 3 rings (SSSR count). The van der Waals surface area contributed by atoms with Crippen LogP contribution in [0.25, 0.3) is 0 Å². The Morgan fingerprint density at radius 2 is 1.59 bits per heavy atom. The van der Waals surface area contributed by atoms with E-state index in [1.54, 1.807) is 57.5 Å². The van der Waals surface area contributed by atoms with Gasteiger partial charge in [-0.05, 0) is 67.4 Å². The number of benzene rings is 3. The lowest BCUT2D eigenvalue weighted by Gasteiger charge is -2.17. The lowest BCUT2D eigenvalue weighted by Crippen LogP contribution is -2.38. The van der Waals surface area contributed by atoms with E-state index in [2.05, 4.69) is 10.6 Å². The number of rotatable bonds is 10. The first kappa shape index (κ1) is 22.9. The van der Waals surface area contributed by atoms with E-state index in [1.165, 1.54) is 12.1 Å². The lowest BCUT2D eigenvalue weighted by atomic mass is 10.1. The molecule has 6 nitrogen and oxygen atoms in total. The minimum Gasteiger partial charge on any atom is -0.497 e. The maximum Gasteiger partial charge on any atom is 0.242 e. The molecule has 7 heteroatoms. The Balaban J connectivity index is 1.58. The summed E-state index contributed by atoms with van der Waals surface area (Å²) in [4.78, 5) is 12.4. The standard InChI is InChI=1S/C25H27FN2O4/c1-17(25(29)27-15-14-18-4-6-19(26)7-5-18)28-20-8-13-23(31-3)24(16-20)32-22-11-9-21(30-2)10-12-22/h4-13,16-17,28H,14-15H2,1-3H3,(H,27,29). The van der Waals surface area contributed by atoms with Crippen LogP contribution in [0.2, 0.25) is 0 Å². The quantitative estimate of drug-likeness (QED) is 0.476. The summed E-state index contributed by atoms with van der Waals surface area (Å²) in [6.07, 6.45) is 0.626. The lowest BCUT2D eigenvalue weighted by molar-refractivity contribution is -0.121. The molecule has 1 unspecified atom stereocenters. The summed E-state index contributed by atoms with van der Waals surface area (Å²) < 4.78 is 29.5. The molecule has 0 aliphatic heterocycles. The van der Waals surface area contributed by atoms with Gasteiger partial charge in [-0.3, -0.25) is 4.79 Å². The molecule has 2 N–H and O–H groups in total. The van der Waals surface area contributed by atoms with E-state index in [9.17, 15) is 9.18 Å². The Kier molecular flexibility index (Phi) is 7.91. The number of halogens is 1. The van der Waals surface area contributed by atoms with Crippen LogP contribution in [0, 0.1) is 5.82 Å². The number of anilines is 1. The predicted octanol–water partition coefficient (Wildman–Crippen LogP) is 4.79. The highest BCUT2D eigenvalue weighted by Gasteiger charge is 2.14. The van der Waals surface area contributed by atoms with Crippen LogP contribution < -0.4 is 24.8 Å². The first-order chi connectivity index (χ1) is 15.5.